The SMILES string of the molecule is OCC1OC(c2ccc(F)c(Cc3cc4ccccc4s3)c2)C(O)CC1O. The van der Waals surface area contributed by atoms with Gasteiger partial charge in [-0.05, 0) is 40.8 Å². The predicted molar refractivity (Wildman–Crippen MR) is 102 cm³/mol. The average molecular weight is 388 g/mol. The molecule has 1 saturated heterocycles. The van der Waals surface area contributed by atoms with Crippen molar-refractivity contribution in [1.29, 1.82) is 0 Å². The molecule has 4 atom stereocenters. The van der Waals surface area contributed by atoms with Crippen LogP contribution in [-0.4, -0.2) is 40.2 Å². The number of hydrogen-bond acceptors (Lipinski definition) is 5. The molecule has 3 aromatic rings. The fraction of sp³-hybridized carbons (Fsp3) is 0.333. The van der Waals surface area contributed by atoms with E-state index in [0.717, 1.165) is 15.0 Å². The van der Waals surface area contributed by atoms with Crippen LogP contribution in [0.25, 0.3) is 10.1 Å². The number of ether oxygens (including phenoxy) is 1. The van der Waals surface area contributed by atoms with E-state index in [9.17, 15) is 19.7 Å². The third-order valence-electron chi connectivity index (χ3n) is 5.00. The van der Waals surface area contributed by atoms with Gasteiger partial charge in [-0.25, -0.2) is 4.39 Å². The molecule has 1 aliphatic rings. The Bertz CT molecular complexity index is 908. The van der Waals surface area contributed by atoms with Gasteiger partial charge in [0.1, 0.15) is 18.0 Å². The second-order valence-electron chi connectivity index (χ2n) is 6.93. The van der Waals surface area contributed by atoms with Crippen molar-refractivity contribution in [2.45, 2.75) is 37.3 Å². The van der Waals surface area contributed by atoms with Crippen LogP contribution < -0.4 is 0 Å². The molecule has 4 rings (SSSR count). The molecule has 0 spiro atoms. The third kappa shape index (κ3) is 3.77. The van der Waals surface area contributed by atoms with Gasteiger partial charge >= 0.3 is 0 Å². The zero-order chi connectivity index (χ0) is 19.0. The maximum atomic E-state index is 14.4. The van der Waals surface area contributed by atoms with E-state index in [1.807, 2.05) is 24.3 Å². The summed E-state index contributed by atoms with van der Waals surface area (Å²) in [7, 11) is 0. The Morgan fingerprint density at radius 3 is 2.67 bits per heavy atom. The summed E-state index contributed by atoms with van der Waals surface area (Å²) in [5, 5.41) is 30.6. The standard InChI is InChI=1S/C21H21FO4S/c22-16-6-5-13(21-18(25)10-17(24)19(11-23)26-21)7-14(16)9-15-8-12-3-1-2-4-20(12)27-15/h1-8,17-19,21,23-25H,9-11H2. The van der Waals surface area contributed by atoms with E-state index in [-0.39, 0.29) is 18.8 Å². The summed E-state index contributed by atoms with van der Waals surface area (Å²) in [4.78, 5) is 1.06. The second-order valence-corrected chi connectivity index (χ2v) is 8.09. The highest BCUT2D eigenvalue weighted by molar-refractivity contribution is 7.19. The molecule has 0 bridgehead atoms. The van der Waals surface area contributed by atoms with Crippen LogP contribution in [-0.2, 0) is 11.2 Å². The topological polar surface area (TPSA) is 69.9 Å². The Balaban J connectivity index is 1.61. The maximum Gasteiger partial charge on any atom is 0.126 e. The number of hydrogen-bond donors (Lipinski definition) is 3. The number of halogens is 1. The van der Waals surface area contributed by atoms with E-state index < -0.39 is 24.4 Å². The first-order valence-electron chi connectivity index (χ1n) is 8.93. The van der Waals surface area contributed by atoms with Crippen LogP contribution in [0.3, 0.4) is 0 Å². The van der Waals surface area contributed by atoms with Crippen LogP contribution >= 0.6 is 11.3 Å². The van der Waals surface area contributed by atoms with Crippen molar-refractivity contribution in [1.82, 2.24) is 0 Å². The number of rotatable bonds is 4. The molecule has 3 N–H and O–H groups in total. The van der Waals surface area contributed by atoms with Crippen molar-refractivity contribution in [2.24, 2.45) is 0 Å². The quantitative estimate of drug-likeness (QED) is 0.642. The van der Waals surface area contributed by atoms with E-state index in [1.54, 1.807) is 23.5 Å². The number of aliphatic hydroxyl groups is 3. The number of fused-ring (bicyclic) bond motifs is 1. The van der Waals surface area contributed by atoms with Crippen molar-refractivity contribution in [3.8, 4) is 0 Å². The summed E-state index contributed by atoms with van der Waals surface area (Å²) in [6, 6.07) is 14.8. The van der Waals surface area contributed by atoms with Crippen molar-refractivity contribution >= 4 is 21.4 Å². The second kappa shape index (κ2) is 7.66. The molecule has 0 aliphatic carbocycles. The highest BCUT2D eigenvalue weighted by Crippen LogP contribution is 2.34. The van der Waals surface area contributed by atoms with E-state index in [2.05, 4.69) is 6.07 Å². The first kappa shape index (κ1) is 18.5. The van der Waals surface area contributed by atoms with Gasteiger partial charge in [0.15, 0.2) is 0 Å². The van der Waals surface area contributed by atoms with Gasteiger partial charge in [0.25, 0.3) is 0 Å². The minimum atomic E-state index is -0.917. The molecular weight excluding hydrogens is 367 g/mol. The summed E-state index contributed by atoms with van der Waals surface area (Å²) in [6.45, 7) is -0.333. The zero-order valence-corrected chi connectivity index (χ0v) is 15.4. The molecule has 27 heavy (non-hydrogen) atoms. The zero-order valence-electron chi connectivity index (χ0n) is 14.6. The van der Waals surface area contributed by atoms with E-state index >= 15 is 0 Å². The minimum Gasteiger partial charge on any atom is -0.394 e. The molecule has 2 heterocycles. The Kier molecular flexibility index (Phi) is 5.25. The van der Waals surface area contributed by atoms with Crippen LogP contribution in [0, 0.1) is 5.82 Å². The molecule has 4 nitrogen and oxygen atoms in total. The lowest BCUT2D eigenvalue weighted by molar-refractivity contribution is -0.181. The predicted octanol–water partition coefficient (Wildman–Crippen LogP) is 3.18. The van der Waals surface area contributed by atoms with Gasteiger partial charge in [-0.2, -0.15) is 0 Å². The number of aliphatic hydroxyl groups excluding tert-OH is 3. The maximum absolute atomic E-state index is 14.4. The van der Waals surface area contributed by atoms with Gasteiger partial charge in [-0.1, -0.05) is 24.3 Å². The molecule has 1 aliphatic heterocycles. The highest BCUT2D eigenvalue weighted by atomic mass is 32.1. The Labute approximate surface area is 160 Å². The molecule has 0 saturated carbocycles. The molecule has 1 aromatic heterocycles. The molecule has 142 valence electrons. The summed E-state index contributed by atoms with van der Waals surface area (Å²) in [5.74, 6) is -0.305. The largest absolute Gasteiger partial charge is 0.394 e. The van der Waals surface area contributed by atoms with Crippen LogP contribution in [0.4, 0.5) is 4.39 Å². The molecule has 1 fully saturated rings. The molecule has 4 unspecified atom stereocenters. The third-order valence-corrected chi connectivity index (χ3v) is 6.12. The summed E-state index contributed by atoms with van der Waals surface area (Å²) >= 11 is 1.63. The lowest BCUT2D eigenvalue weighted by atomic mass is 9.92. The first-order valence-corrected chi connectivity index (χ1v) is 9.75. The van der Waals surface area contributed by atoms with Gasteiger partial charge in [0.2, 0.25) is 0 Å². The molecule has 0 radical (unpaired) electrons. The van der Waals surface area contributed by atoms with Crippen molar-refractivity contribution in [2.75, 3.05) is 6.61 Å². The fourth-order valence-electron chi connectivity index (χ4n) is 3.58. The van der Waals surface area contributed by atoms with Gasteiger partial charge in [-0.3, -0.25) is 0 Å². The average Bonchev–Trinajstić information content (AvgIpc) is 3.06. The van der Waals surface area contributed by atoms with E-state index in [4.69, 9.17) is 4.74 Å². The summed E-state index contributed by atoms with van der Waals surface area (Å²) < 4.78 is 21.2. The van der Waals surface area contributed by atoms with Crippen molar-refractivity contribution in [3.05, 3.63) is 70.4 Å². The minimum absolute atomic E-state index is 0.110. The summed E-state index contributed by atoms with van der Waals surface area (Å²) in [6.07, 6.45) is -2.72. The number of benzene rings is 2. The van der Waals surface area contributed by atoms with Crippen LogP contribution in [0.15, 0.2) is 48.5 Å². The van der Waals surface area contributed by atoms with Crippen molar-refractivity contribution in [3.63, 3.8) is 0 Å². The smallest absolute Gasteiger partial charge is 0.126 e. The van der Waals surface area contributed by atoms with Gasteiger partial charge in [0, 0.05) is 22.4 Å². The number of thiophene rings is 1. The summed E-state index contributed by atoms with van der Waals surface area (Å²) in [5.41, 5.74) is 1.17. The molecular formula is C21H21FO4S. The lowest BCUT2D eigenvalue weighted by Gasteiger charge is -2.36. The molecule has 2 aromatic carbocycles. The van der Waals surface area contributed by atoms with Crippen LogP contribution in [0.2, 0.25) is 0 Å². The Morgan fingerprint density at radius 2 is 1.89 bits per heavy atom. The molecule has 0 amide bonds. The first-order chi connectivity index (χ1) is 13.0. The molecule has 6 heteroatoms. The van der Waals surface area contributed by atoms with E-state index in [1.165, 1.54) is 6.07 Å². The monoisotopic (exact) mass is 388 g/mol. The van der Waals surface area contributed by atoms with E-state index in [0.29, 0.717) is 17.5 Å². The van der Waals surface area contributed by atoms with Gasteiger partial charge in [-0.15, -0.1) is 11.3 Å². The van der Waals surface area contributed by atoms with Crippen molar-refractivity contribution < 1.29 is 24.4 Å². The van der Waals surface area contributed by atoms with Crippen LogP contribution in [0.1, 0.15) is 28.5 Å². The lowest BCUT2D eigenvalue weighted by Crippen LogP contribution is -2.44. The fourth-order valence-corrected chi connectivity index (χ4v) is 4.66. The van der Waals surface area contributed by atoms with Gasteiger partial charge in [0.05, 0.1) is 18.8 Å². The van der Waals surface area contributed by atoms with Gasteiger partial charge < -0.3 is 20.1 Å². The highest BCUT2D eigenvalue weighted by Gasteiger charge is 2.36. The van der Waals surface area contributed by atoms with Crippen LogP contribution in [0.5, 0.6) is 0 Å². The Hall–Kier alpha value is -1.83. The normalized spacial score (nSPS) is 25.8. The Morgan fingerprint density at radius 1 is 1.07 bits per heavy atom.